The van der Waals surface area contributed by atoms with Crippen LogP contribution in [-0.2, 0) is 25.5 Å². The van der Waals surface area contributed by atoms with Crippen molar-refractivity contribution in [3.05, 3.63) is 39.9 Å². The van der Waals surface area contributed by atoms with Crippen molar-refractivity contribution in [2.45, 2.75) is 38.8 Å². The predicted molar refractivity (Wildman–Crippen MR) is 95.0 cm³/mol. The minimum absolute atomic E-state index is 0.0723. The molecule has 1 aromatic rings. The van der Waals surface area contributed by atoms with Gasteiger partial charge in [0.25, 0.3) is 5.69 Å². The molecule has 0 spiro atoms. The van der Waals surface area contributed by atoms with Crippen molar-refractivity contribution in [2.24, 2.45) is 0 Å². The molecule has 0 heterocycles. The van der Waals surface area contributed by atoms with Crippen LogP contribution >= 0.6 is 0 Å². The zero-order valence-electron chi connectivity index (χ0n) is 15.6. The first-order valence-electron chi connectivity index (χ1n) is 8.09. The molecule has 0 aliphatic heterocycles. The van der Waals surface area contributed by atoms with Gasteiger partial charge in [-0.1, -0.05) is 12.1 Å². The predicted octanol–water partition coefficient (Wildman–Crippen LogP) is 1.32. The fourth-order valence-electron chi connectivity index (χ4n) is 2.04. The number of hydrogen-bond donors (Lipinski definition) is 2. The zero-order valence-corrected chi connectivity index (χ0v) is 15.6. The van der Waals surface area contributed by atoms with E-state index in [-0.39, 0.29) is 18.7 Å². The van der Waals surface area contributed by atoms with Gasteiger partial charge in [-0.05, 0) is 26.3 Å². The molecule has 10 nitrogen and oxygen atoms in total. The number of alkyl carbamates (subject to hydrolysis) is 1. The SMILES string of the molecule is COC(=O)[C@H](Cc1ccc([N+](=O)[O-])cc1)NC(=O)CNC(=O)OC(C)(C)C. The molecule has 2 N–H and O–H groups in total. The van der Waals surface area contributed by atoms with E-state index in [1.165, 1.54) is 31.4 Å². The van der Waals surface area contributed by atoms with Crippen molar-refractivity contribution < 1.29 is 28.8 Å². The van der Waals surface area contributed by atoms with E-state index in [4.69, 9.17) is 4.74 Å². The average Bonchev–Trinajstić information content (AvgIpc) is 2.57. The molecule has 0 saturated heterocycles. The highest BCUT2D eigenvalue weighted by Crippen LogP contribution is 2.13. The van der Waals surface area contributed by atoms with Crippen LogP contribution in [0.25, 0.3) is 0 Å². The number of nitro benzene ring substituents is 1. The lowest BCUT2D eigenvalue weighted by Crippen LogP contribution is -2.47. The summed E-state index contributed by atoms with van der Waals surface area (Å²) < 4.78 is 9.68. The third kappa shape index (κ3) is 8.17. The third-order valence-corrected chi connectivity index (χ3v) is 3.20. The molecule has 148 valence electrons. The number of rotatable bonds is 7. The lowest BCUT2D eigenvalue weighted by Gasteiger charge is -2.20. The Labute approximate surface area is 156 Å². The van der Waals surface area contributed by atoms with Crippen LogP contribution in [0.15, 0.2) is 24.3 Å². The summed E-state index contributed by atoms with van der Waals surface area (Å²) >= 11 is 0. The summed E-state index contributed by atoms with van der Waals surface area (Å²) in [5.41, 5.74) is -0.194. The number of esters is 1. The van der Waals surface area contributed by atoms with Crippen LogP contribution in [0.2, 0.25) is 0 Å². The lowest BCUT2D eigenvalue weighted by molar-refractivity contribution is -0.384. The molecule has 0 radical (unpaired) electrons. The molecule has 1 rings (SSSR count). The Balaban J connectivity index is 2.66. The highest BCUT2D eigenvalue weighted by Gasteiger charge is 2.23. The minimum Gasteiger partial charge on any atom is -0.467 e. The normalized spacial score (nSPS) is 11.9. The van der Waals surface area contributed by atoms with Gasteiger partial charge in [-0.25, -0.2) is 9.59 Å². The van der Waals surface area contributed by atoms with Crippen molar-refractivity contribution >= 4 is 23.7 Å². The van der Waals surface area contributed by atoms with Crippen molar-refractivity contribution in [2.75, 3.05) is 13.7 Å². The van der Waals surface area contributed by atoms with E-state index in [9.17, 15) is 24.5 Å². The van der Waals surface area contributed by atoms with Crippen LogP contribution < -0.4 is 10.6 Å². The van der Waals surface area contributed by atoms with E-state index in [1.54, 1.807) is 20.8 Å². The summed E-state index contributed by atoms with van der Waals surface area (Å²) in [5.74, 6) is -1.29. The fourth-order valence-corrected chi connectivity index (χ4v) is 2.04. The fraction of sp³-hybridized carbons (Fsp3) is 0.471. The summed E-state index contributed by atoms with van der Waals surface area (Å²) in [6.45, 7) is 4.67. The summed E-state index contributed by atoms with van der Waals surface area (Å²) in [6, 6.07) is 4.56. The number of carbonyl (C=O) groups is 3. The molecule has 0 bridgehead atoms. The maximum Gasteiger partial charge on any atom is 0.408 e. The summed E-state index contributed by atoms with van der Waals surface area (Å²) in [7, 11) is 1.18. The van der Waals surface area contributed by atoms with Crippen molar-refractivity contribution in [3.63, 3.8) is 0 Å². The molecule has 27 heavy (non-hydrogen) atoms. The van der Waals surface area contributed by atoms with E-state index < -0.39 is 34.5 Å². The molecule has 0 fully saturated rings. The Morgan fingerprint density at radius 3 is 2.26 bits per heavy atom. The van der Waals surface area contributed by atoms with Gasteiger partial charge >= 0.3 is 12.1 Å². The van der Waals surface area contributed by atoms with Crippen molar-refractivity contribution in [1.29, 1.82) is 0 Å². The van der Waals surface area contributed by atoms with Gasteiger partial charge in [-0.15, -0.1) is 0 Å². The lowest BCUT2D eigenvalue weighted by atomic mass is 10.1. The number of nitro groups is 1. The van der Waals surface area contributed by atoms with Gasteiger partial charge in [0.1, 0.15) is 18.2 Å². The van der Waals surface area contributed by atoms with E-state index >= 15 is 0 Å². The molecule has 0 saturated carbocycles. The third-order valence-electron chi connectivity index (χ3n) is 3.20. The number of methoxy groups -OCH3 is 1. The second-order valence-corrected chi connectivity index (χ2v) is 6.63. The highest BCUT2D eigenvalue weighted by atomic mass is 16.6. The Morgan fingerprint density at radius 2 is 1.78 bits per heavy atom. The minimum atomic E-state index is -1.01. The van der Waals surface area contributed by atoms with Gasteiger partial charge in [0.2, 0.25) is 5.91 Å². The van der Waals surface area contributed by atoms with Crippen LogP contribution in [0.1, 0.15) is 26.3 Å². The topological polar surface area (TPSA) is 137 Å². The quantitative estimate of drug-likeness (QED) is 0.413. The number of benzene rings is 1. The Hall–Kier alpha value is -3.17. The van der Waals surface area contributed by atoms with Gasteiger partial charge < -0.3 is 20.1 Å². The number of nitrogens with zero attached hydrogens (tertiary/aromatic N) is 1. The maximum absolute atomic E-state index is 12.0. The molecule has 1 aromatic carbocycles. The number of hydrogen-bond acceptors (Lipinski definition) is 7. The van der Waals surface area contributed by atoms with E-state index in [0.29, 0.717) is 5.56 Å². The first-order chi connectivity index (χ1) is 12.5. The Morgan fingerprint density at radius 1 is 1.19 bits per heavy atom. The Kier molecular flexibility index (Phi) is 7.70. The number of nitrogens with one attached hydrogen (secondary N) is 2. The van der Waals surface area contributed by atoms with E-state index in [0.717, 1.165) is 0 Å². The number of amides is 2. The van der Waals surface area contributed by atoms with Crippen LogP contribution in [0.3, 0.4) is 0 Å². The zero-order chi connectivity index (χ0) is 20.6. The van der Waals surface area contributed by atoms with Crippen molar-refractivity contribution in [3.8, 4) is 0 Å². The largest absolute Gasteiger partial charge is 0.467 e. The molecule has 0 aliphatic rings. The molecule has 0 unspecified atom stereocenters. The van der Waals surface area contributed by atoms with Crippen LogP contribution in [0, 0.1) is 10.1 Å². The van der Waals surface area contributed by atoms with Crippen LogP contribution in [0.5, 0.6) is 0 Å². The van der Waals surface area contributed by atoms with Gasteiger partial charge in [0.05, 0.1) is 12.0 Å². The molecule has 2 amide bonds. The second-order valence-electron chi connectivity index (χ2n) is 6.63. The monoisotopic (exact) mass is 381 g/mol. The van der Waals surface area contributed by atoms with Gasteiger partial charge in [0, 0.05) is 18.6 Å². The molecule has 10 heteroatoms. The number of ether oxygens (including phenoxy) is 2. The molecule has 1 atom stereocenters. The number of non-ortho nitro benzene ring substituents is 1. The smallest absolute Gasteiger partial charge is 0.408 e. The number of carbonyl (C=O) groups excluding carboxylic acids is 3. The molecular formula is C17H23N3O7. The first-order valence-corrected chi connectivity index (χ1v) is 8.09. The highest BCUT2D eigenvalue weighted by molar-refractivity contribution is 5.87. The van der Waals surface area contributed by atoms with Gasteiger partial charge in [0.15, 0.2) is 0 Å². The van der Waals surface area contributed by atoms with E-state index in [2.05, 4.69) is 15.4 Å². The van der Waals surface area contributed by atoms with Crippen LogP contribution in [0.4, 0.5) is 10.5 Å². The average molecular weight is 381 g/mol. The van der Waals surface area contributed by atoms with Gasteiger partial charge in [-0.3, -0.25) is 14.9 Å². The Bertz CT molecular complexity index is 695. The molecule has 0 aromatic heterocycles. The summed E-state index contributed by atoms with van der Waals surface area (Å²) in [4.78, 5) is 45.6. The summed E-state index contributed by atoms with van der Waals surface area (Å²) in [5, 5.41) is 15.4. The summed E-state index contributed by atoms with van der Waals surface area (Å²) in [6.07, 6.45) is -0.689. The second kappa shape index (κ2) is 9.51. The maximum atomic E-state index is 12.0. The standard InChI is InChI=1S/C17H23N3O7/c1-17(2,3)27-16(23)18-10-14(21)19-13(15(22)26-4)9-11-5-7-12(8-6-11)20(24)25/h5-8,13H,9-10H2,1-4H3,(H,18,23)(H,19,21)/t13-/m0/s1. The molecular weight excluding hydrogens is 358 g/mol. The van der Waals surface area contributed by atoms with Crippen LogP contribution in [-0.4, -0.2) is 48.2 Å². The van der Waals surface area contributed by atoms with Crippen molar-refractivity contribution in [1.82, 2.24) is 10.6 Å². The van der Waals surface area contributed by atoms with Gasteiger partial charge in [-0.2, -0.15) is 0 Å². The van der Waals surface area contributed by atoms with E-state index in [1.807, 2.05) is 0 Å². The first kappa shape index (κ1) is 21.9. The molecule has 0 aliphatic carbocycles.